The summed E-state index contributed by atoms with van der Waals surface area (Å²) in [5.41, 5.74) is 2.32. The van der Waals surface area contributed by atoms with Gasteiger partial charge in [0.1, 0.15) is 12.0 Å². The van der Waals surface area contributed by atoms with E-state index in [4.69, 9.17) is 14.3 Å². The van der Waals surface area contributed by atoms with Crippen LogP contribution in [-0.2, 0) is 6.54 Å². The molecule has 0 saturated carbocycles. The normalized spacial score (nSPS) is 16.1. The maximum Gasteiger partial charge on any atom is 0.194 e. The van der Waals surface area contributed by atoms with Gasteiger partial charge in [-0.15, -0.1) is 24.0 Å². The van der Waals surface area contributed by atoms with Crippen LogP contribution in [0.3, 0.4) is 0 Å². The van der Waals surface area contributed by atoms with Crippen LogP contribution in [-0.4, -0.2) is 67.3 Å². The van der Waals surface area contributed by atoms with Crippen LogP contribution in [0.5, 0.6) is 5.75 Å². The number of piperazine rings is 1. The van der Waals surface area contributed by atoms with Crippen molar-refractivity contribution in [3.8, 4) is 5.75 Å². The van der Waals surface area contributed by atoms with Gasteiger partial charge in [0.25, 0.3) is 0 Å². The third-order valence-corrected chi connectivity index (χ3v) is 5.39. The van der Waals surface area contributed by atoms with Gasteiger partial charge < -0.3 is 19.5 Å². The number of hydrogen-bond acceptors (Lipinski definition) is 5. The molecule has 2 aromatic rings. The van der Waals surface area contributed by atoms with Gasteiger partial charge in [-0.25, -0.2) is 0 Å². The predicted molar refractivity (Wildman–Crippen MR) is 131 cm³/mol. The van der Waals surface area contributed by atoms with Crippen molar-refractivity contribution in [1.82, 2.24) is 20.3 Å². The molecule has 0 radical (unpaired) electrons. The van der Waals surface area contributed by atoms with E-state index >= 15 is 0 Å². The highest BCUT2D eigenvalue weighted by Gasteiger charge is 2.20. The third kappa shape index (κ3) is 7.16. The van der Waals surface area contributed by atoms with E-state index in [2.05, 4.69) is 46.3 Å². The second kappa shape index (κ2) is 12.8. The van der Waals surface area contributed by atoms with E-state index in [1.165, 1.54) is 5.56 Å². The highest BCUT2D eigenvalue weighted by atomic mass is 127. The van der Waals surface area contributed by atoms with Crippen molar-refractivity contribution in [2.75, 3.05) is 46.4 Å². The highest BCUT2D eigenvalue weighted by molar-refractivity contribution is 14.0. The Bertz CT molecular complexity index is 743. The Labute approximate surface area is 196 Å². The molecule has 1 aromatic carbocycles. The van der Waals surface area contributed by atoms with Gasteiger partial charge in [0.2, 0.25) is 0 Å². The maximum atomic E-state index is 5.24. The zero-order valence-corrected chi connectivity index (χ0v) is 20.5. The number of benzene rings is 1. The van der Waals surface area contributed by atoms with Crippen molar-refractivity contribution >= 4 is 29.9 Å². The number of guanidine groups is 1. The van der Waals surface area contributed by atoms with E-state index in [1.807, 2.05) is 18.2 Å². The lowest BCUT2D eigenvalue weighted by Crippen LogP contribution is -2.52. The van der Waals surface area contributed by atoms with Crippen LogP contribution in [0.4, 0.5) is 0 Å². The molecule has 0 amide bonds. The van der Waals surface area contributed by atoms with Crippen LogP contribution < -0.4 is 10.1 Å². The van der Waals surface area contributed by atoms with Gasteiger partial charge in [0, 0.05) is 51.9 Å². The second-order valence-electron chi connectivity index (χ2n) is 7.45. The Morgan fingerprint density at radius 2 is 1.93 bits per heavy atom. The van der Waals surface area contributed by atoms with Crippen LogP contribution in [0.25, 0.3) is 0 Å². The second-order valence-corrected chi connectivity index (χ2v) is 7.45. The summed E-state index contributed by atoms with van der Waals surface area (Å²) in [6, 6.07) is 10.3. The van der Waals surface area contributed by atoms with Crippen molar-refractivity contribution < 1.29 is 9.26 Å². The fourth-order valence-corrected chi connectivity index (χ4v) is 3.56. The molecule has 0 bridgehead atoms. The summed E-state index contributed by atoms with van der Waals surface area (Å²) in [6.45, 7) is 10.9. The largest absolute Gasteiger partial charge is 0.497 e. The zero-order valence-electron chi connectivity index (χ0n) is 18.2. The first-order chi connectivity index (χ1) is 14.2. The Balaban J connectivity index is 0.00000320. The molecular weight excluding hydrogens is 493 g/mol. The topological polar surface area (TPSA) is 66.1 Å². The Morgan fingerprint density at radius 1 is 1.20 bits per heavy atom. The van der Waals surface area contributed by atoms with Crippen molar-refractivity contribution in [1.29, 1.82) is 0 Å². The van der Waals surface area contributed by atoms with E-state index in [9.17, 15) is 0 Å². The molecule has 1 N–H and O–H groups in total. The molecule has 1 unspecified atom stereocenters. The molecule has 0 spiro atoms. The molecule has 8 heteroatoms. The molecule has 1 aliphatic rings. The van der Waals surface area contributed by atoms with Gasteiger partial charge in [0.05, 0.1) is 12.8 Å². The van der Waals surface area contributed by atoms with E-state index in [0.29, 0.717) is 5.92 Å². The number of halogens is 1. The third-order valence-electron chi connectivity index (χ3n) is 5.39. The van der Waals surface area contributed by atoms with Crippen molar-refractivity contribution in [3.05, 3.63) is 47.9 Å². The molecule has 0 aliphatic carbocycles. The van der Waals surface area contributed by atoms with Crippen LogP contribution >= 0.6 is 24.0 Å². The van der Waals surface area contributed by atoms with E-state index in [-0.39, 0.29) is 24.0 Å². The molecule has 1 aliphatic heterocycles. The van der Waals surface area contributed by atoms with E-state index in [1.54, 1.807) is 13.4 Å². The number of nitrogens with zero attached hydrogens (tertiary/aromatic N) is 4. The number of aliphatic imine (C=N–C) groups is 1. The van der Waals surface area contributed by atoms with Crippen LogP contribution in [0.1, 0.15) is 37.4 Å². The lowest BCUT2D eigenvalue weighted by atomic mass is 9.98. The molecule has 1 atom stereocenters. The number of aromatic nitrogens is 1. The molecular formula is C22H34IN5O2. The minimum atomic E-state index is 0. The van der Waals surface area contributed by atoms with E-state index in [0.717, 1.165) is 69.6 Å². The van der Waals surface area contributed by atoms with E-state index < -0.39 is 0 Å². The predicted octanol–water partition coefficient (Wildman–Crippen LogP) is 3.58. The monoisotopic (exact) mass is 527 g/mol. The first-order valence-corrected chi connectivity index (χ1v) is 10.5. The molecule has 1 aromatic heterocycles. The standard InChI is InChI=1S/C22H33N5O2.HI/c1-4-23-22(24-11-9-18(2)19-5-7-21(28-3)8-6-19)27-14-12-26(13-15-27)17-20-10-16-29-25-20;/h5-8,10,16,18H,4,9,11-15,17H2,1-3H3,(H,23,24);1H. The summed E-state index contributed by atoms with van der Waals surface area (Å²) in [7, 11) is 1.70. The quantitative estimate of drug-likeness (QED) is 0.322. The van der Waals surface area contributed by atoms with Crippen LogP contribution in [0.2, 0.25) is 0 Å². The van der Waals surface area contributed by atoms with Gasteiger partial charge in [-0.3, -0.25) is 9.89 Å². The Kier molecular flexibility index (Phi) is 10.4. The number of rotatable bonds is 8. The summed E-state index contributed by atoms with van der Waals surface area (Å²) >= 11 is 0. The summed E-state index contributed by atoms with van der Waals surface area (Å²) in [4.78, 5) is 9.67. The van der Waals surface area contributed by atoms with Gasteiger partial charge >= 0.3 is 0 Å². The minimum absolute atomic E-state index is 0. The first-order valence-electron chi connectivity index (χ1n) is 10.5. The molecule has 1 fully saturated rings. The van der Waals surface area contributed by atoms with Crippen LogP contribution in [0, 0.1) is 0 Å². The van der Waals surface area contributed by atoms with Gasteiger partial charge in [0.15, 0.2) is 5.96 Å². The molecule has 2 heterocycles. The highest BCUT2D eigenvalue weighted by Crippen LogP contribution is 2.21. The smallest absolute Gasteiger partial charge is 0.194 e. The number of ether oxygens (including phenoxy) is 1. The average molecular weight is 527 g/mol. The van der Waals surface area contributed by atoms with Gasteiger partial charge in [-0.05, 0) is 37.0 Å². The summed E-state index contributed by atoms with van der Waals surface area (Å²) in [5, 5.41) is 7.47. The molecule has 166 valence electrons. The van der Waals surface area contributed by atoms with Gasteiger partial charge in [-0.1, -0.05) is 24.2 Å². The van der Waals surface area contributed by atoms with Gasteiger partial charge in [-0.2, -0.15) is 0 Å². The molecule has 30 heavy (non-hydrogen) atoms. The fourth-order valence-electron chi connectivity index (χ4n) is 3.56. The average Bonchev–Trinajstić information content (AvgIpc) is 3.27. The maximum absolute atomic E-state index is 5.24. The zero-order chi connectivity index (χ0) is 20.5. The Hall–Kier alpha value is -1.81. The summed E-state index contributed by atoms with van der Waals surface area (Å²) in [5.74, 6) is 2.39. The fraction of sp³-hybridized carbons (Fsp3) is 0.545. The lowest BCUT2D eigenvalue weighted by Gasteiger charge is -2.36. The van der Waals surface area contributed by atoms with Crippen molar-refractivity contribution in [2.24, 2.45) is 4.99 Å². The minimum Gasteiger partial charge on any atom is -0.497 e. The summed E-state index contributed by atoms with van der Waals surface area (Å²) in [6.07, 6.45) is 2.65. The van der Waals surface area contributed by atoms with Crippen molar-refractivity contribution in [2.45, 2.75) is 32.7 Å². The number of hydrogen-bond donors (Lipinski definition) is 1. The first kappa shape index (κ1) is 24.5. The SMILES string of the molecule is CCNC(=NCCC(C)c1ccc(OC)cc1)N1CCN(Cc2ccon2)CC1.I. The van der Waals surface area contributed by atoms with Crippen molar-refractivity contribution in [3.63, 3.8) is 0 Å². The summed E-state index contributed by atoms with van der Waals surface area (Å²) < 4.78 is 10.2. The Morgan fingerprint density at radius 3 is 2.53 bits per heavy atom. The van der Waals surface area contributed by atoms with Crippen LogP contribution in [0.15, 0.2) is 46.1 Å². The number of nitrogens with one attached hydrogen (secondary N) is 1. The molecule has 3 rings (SSSR count). The number of methoxy groups -OCH3 is 1. The molecule has 7 nitrogen and oxygen atoms in total. The molecule has 1 saturated heterocycles. The lowest BCUT2D eigenvalue weighted by molar-refractivity contribution is 0.169.